The molecule has 27 heavy (non-hydrogen) atoms. The number of hydrogen-bond donors (Lipinski definition) is 2. The van der Waals surface area contributed by atoms with Gasteiger partial charge in [-0.25, -0.2) is 0 Å². The molecule has 2 rings (SSSR count). The molecule has 1 amide bonds. The molecule has 0 aliphatic rings. The second-order valence-corrected chi connectivity index (χ2v) is 7.65. The monoisotopic (exact) mass is 368 g/mol. The molecule has 0 heterocycles. The molecule has 144 valence electrons. The summed E-state index contributed by atoms with van der Waals surface area (Å²) in [5.41, 5.74) is 3.18. The van der Waals surface area contributed by atoms with Crippen LogP contribution in [0.1, 0.15) is 50.5 Å². The van der Waals surface area contributed by atoms with Gasteiger partial charge in [0.15, 0.2) is 5.78 Å². The normalized spacial score (nSPS) is 12.2. The SMILES string of the molecule is COc1ccc(C(C)(C)C)cc1N[C@H](C)C(=O)Nc1ccc(C(C)=O)cc1. The molecule has 0 aromatic heterocycles. The molecule has 5 nitrogen and oxygen atoms in total. The van der Waals surface area contributed by atoms with Crippen LogP contribution in [0, 0.1) is 0 Å². The van der Waals surface area contributed by atoms with Crippen LogP contribution in [-0.4, -0.2) is 24.8 Å². The maximum absolute atomic E-state index is 12.5. The van der Waals surface area contributed by atoms with Gasteiger partial charge in [-0.1, -0.05) is 26.8 Å². The van der Waals surface area contributed by atoms with E-state index in [-0.39, 0.29) is 17.1 Å². The third-order valence-electron chi connectivity index (χ3n) is 4.39. The fourth-order valence-corrected chi connectivity index (χ4v) is 2.62. The highest BCUT2D eigenvalue weighted by molar-refractivity contribution is 5.98. The second-order valence-electron chi connectivity index (χ2n) is 7.65. The van der Waals surface area contributed by atoms with Gasteiger partial charge in [-0.15, -0.1) is 0 Å². The zero-order valence-electron chi connectivity index (χ0n) is 16.8. The van der Waals surface area contributed by atoms with E-state index in [1.54, 1.807) is 38.3 Å². The number of ketones is 1. The molecule has 2 aromatic rings. The van der Waals surface area contributed by atoms with E-state index >= 15 is 0 Å². The summed E-state index contributed by atoms with van der Waals surface area (Å²) in [6, 6.07) is 12.3. The zero-order valence-corrected chi connectivity index (χ0v) is 16.8. The lowest BCUT2D eigenvalue weighted by Gasteiger charge is -2.23. The number of carbonyl (C=O) groups is 2. The molecule has 0 unspecified atom stereocenters. The van der Waals surface area contributed by atoms with Crippen molar-refractivity contribution in [3.8, 4) is 5.75 Å². The minimum absolute atomic E-state index is 0.00580. The molecule has 0 saturated heterocycles. The predicted molar refractivity (Wildman–Crippen MR) is 110 cm³/mol. The van der Waals surface area contributed by atoms with Crippen molar-refractivity contribution in [1.82, 2.24) is 0 Å². The largest absolute Gasteiger partial charge is 0.495 e. The lowest BCUT2D eigenvalue weighted by molar-refractivity contribution is -0.116. The first-order chi connectivity index (χ1) is 12.6. The Bertz CT molecular complexity index is 820. The maximum Gasteiger partial charge on any atom is 0.246 e. The van der Waals surface area contributed by atoms with E-state index in [0.717, 1.165) is 11.3 Å². The number of nitrogens with one attached hydrogen (secondary N) is 2. The number of anilines is 2. The summed E-state index contributed by atoms with van der Waals surface area (Å²) < 4.78 is 5.42. The number of benzene rings is 2. The maximum atomic E-state index is 12.5. The van der Waals surface area contributed by atoms with Gasteiger partial charge in [0.1, 0.15) is 11.8 Å². The molecule has 0 fully saturated rings. The Morgan fingerprint density at radius 1 is 1.04 bits per heavy atom. The molecule has 0 aliphatic heterocycles. The average molecular weight is 368 g/mol. The molecular formula is C22H28N2O3. The number of ether oxygens (including phenoxy) is 1. The summed E-state index contributed by atoms with van der Waals surface area (Å²) >= 11 is 0. The Labute approximate surface area is 161 Å². The van der Waals surface area contributed by atoms with Crippen LogP contribution in [0.4, 0.5) is 11.4 Å². The van der Waals surface area contributed by atoms with E-state index < -0.39 is 6.04 Å². The van der Waals surface area contributed by atoms with Crippen LogP contribution >= 0.6 is 0 Å². The van der Waals surface area contributed by atoms with E-state index in [9.17, 15) is 9.59 Å². The Morgan fingerprint density at radius 3 is 2.19 bits per heavy atom. The van der Waals surface area contributed by atoms with Crippen molar-refractivity contribution >= 4 is 23.1 Å². The number of methoxy groups -OCH3 is 1. The summed E-state index contributed by atoms with van der Waals surface area (Å²) in [4.78, 5) is 23.9. The van der Waals surface area contributed by atoms with Gasteiger partial charge in [-0.05, 0) is 61.2 Å². The number of hydrogen-bond acceptors (Lipinski definition) is 4. The van der Waals surface area contributed by atoms with Crippen molar-refractivity contribution in [3.05, 3.63) is 53.6 Å². The fraction of sp³-hybridized carbons (Fsp3) is 0.364. The van der Waals surface area contributed by atoms with Crippen LogP contribution in [0.25, 0.3) is 0 Å². The van der Waals surface area contributed by atoms with Crippen molar-refractivity contribution in [1.29, 1.82) is 0 Å². The number of Topliss-reactive ketones (excluding diaryl/α,β-unsaturated/α-hetero) is 1. The molecule has 0 aliphatic carbocycles. The van der Waals surface area contributed by atoms with Crippen LogP contribution in [-0.2, 0) is 10.2 Å². The first-order valence-corrected chi connectivity index (χ1v) is 8.98. The van der Waals surface area contributed by atoms with Crippen LogP contribution in [0.5, 0.6) is 5.75 Å². The Hall–Kier alpha value is -2.82. The highest BCUT2D eigenvalue weighted by Gasteiger charge is 2.19. The third kappa shape index (κ3) is 5.33. The van der Waals surface area contributed by atoms with E-state index in [4.69, 9.17) is 4.74 Å². The summed E-state index contributed by atoms with van der Waals surface area (Å²) in [7, 11) is 1.61. The van der Waals surface area contributed by atoms with Crippen LogP contribution < -0.4 is 15.4 Å². The van der Waals surface area contributed by atoms with Gasteiger partial charge in [0.05, 0.1) is 12.8 Å². The minimum atomic E-state index is -0.471. The van der Waals surface area contributed by atoms with Gasteiger partial charge in [0.25, 0.3) is 0 Å². The summed E-state index contributed by atoms with van der Waals surface area (Å²) in [5.74, 6) is 0.510. The molecule has 0 radical (unpaired) electrons. The third-order valence-corrected chi connectivity index (χ3v) is 4.39. The van der Waals surface area contributed by atoms with E-state index in [2.05, 4.69) is 31.4 Å². The molecule has 0 bridgehead atoms. The Balaban J connectivity index is 2.12. The molecule has 1 atom stereocenters. The van der Waals surface area contributed by atoms with Gasteiger partial charge in [0, 0.05) is 11.3 Å². The first kappa shape index (κ1) is 20.5. The molecule has 0 saturated carbocycles. The van der Waals surface area contributed by atoms with Crippen molar-refractivity contribution in [2.24, 2.45) is 0 Å². The van der Waals surface area contributed by atoms with Gasteiger partial charge < -0.3 is 15.4 Å². The number of carbonyl (C=O) groups excluding carboxylic acids is 2. The second kappa shape index (κ2) is 8.25. The minimum Gasteiger partial charge on any atom is -0.495 e. The quantitative estimate of drug-likeness (QED) is 0.729. The van der Waals surface area contributed by atoms with Gasteiger partial charge in [-0.3, -0.25) is 9.59 Å². The van der Waals surface area contributed by atoms with E-state index in [0.29, 0.717) is 17.0 Å². The molecule has 2 aromatic carbocycles. The molecule has 0 spiro atoms. The summed E-state index contributed by atoms with van der Waals surface area (Å²) in [5, 5.41) is 6.09. The number of rotatable bonds is 6. The van der Waals surface area contributed by atoms with Crippen LogP contribution in [0.3, 0.4) is 0 Å². The predicted octanol–water partition coefficient (Wildman–Crippen LogP) is 4.63. The van der Waals surface area contributed by atoms with Crippen molar-refractivity contribution in [3.63, 3.8) is 0 Å². The lowest BCUT2D eigenvalue weighted by atomic mass is 9.86. The zero-order chi connectivity index (χ0) is 20.2. The average Bonchev–Trinajstić information content (AvgIpc) is 2.61. The van der Waals surface area contributed by atoms with Crippen molar-refractivity contribution in [2.45, 2.75) is 46.1 Å². The van der Waals surface area contributed by atoms with Gasteiger partial charge in [-0.2, -0.15) is 0 Å². The van der Waals surface area contributed by atoms with E-state index in [1.807, 2.05) is 18.2 Å². The Kier molecular flexibility index (Phi) is 6.26. The summed E-state index contributed by atoms with van der Waals surface area (Å²) in [6.07, 6.45) is 0. The highest BCUT2D eigenvalue weighted by Crippen LogP contribution is 2.31. The van der Waals surface area contributed by atoms with Gasteiger partial charge >= 0.3 is 0 Å². The smallest absolute Gasteiger partial charge is 0.246 e. The van der Waals surface area contributed by atoms with Gasteiger partial charge in [0.2, 0.25) is 5.91 Å². The molecule has 2 N–H and O–H groups in total. The number of amides is 1. The molecular weight excluding hydrogens is 340 g/mol. The summed E-state index contributed by atoms with van der Waals surface area (Å²) in [6.45, 7) is 9.72. The Morgan fingerprint density at radius 2 is 1.67 bits per heavy atom. The highest BCUT2D eigenvalue weighted by atomic mass is 16.5. The first-order valence-electron chi connectivity index (χ1n) is 8.98. The fourth-order valence-electron chi connectivity index (χ4n) is 2.62. The van der Waals surface area contributed by atoms with Crippen molar-refractivity contribution < 1.29 is 14.3 Å². The van der Waals surface area contributed by atoms with Crippen LogP contribution in [0.2, 0.25) is 0 Å². The van der Waals surface area contributed by atoms with Crippen molar-refractivity contribution in [2.75, 3.05) is 17.7 Å². The molecule has 5 heteroatoms. The van der Waals surface area contributed by atoms with E-state index in [1.165, 1.54) is 6.92 Å². The lowest BCUT2D eigenvalue weighted by Crippen LogP contribution is -2.32. The topological polar surface area (TPSA) is 67.4 Å². The standard InChI is InChI=1S/C22H28N2O3/c1-14(21(26)24-18-10-7-16(8-11-18)15(2)25)23-19-13-17(22(3,4)5)9-12-20(19)27-6/h7-14,23H,1-6H3,(H,24,26)/t14-/m1/s1. The van der Waals surface area contributed by atoms with Crippen LogP contribution in [0.15, 0.2) is 42.5 Å².